The van der Waals surface area contributed by atoms with Crippen LogP contribution >= 0.6 is 0 Å². The van der Waals surface area contributed by atoms with E-state index in [0.29, 0.717) is 0 Å². The van der Waals surface area contributed by atoms with Gasteiger partial charge in [0.2, 0.25) is 0 Å². The second-order valence-corrected chi connectivity index (χ2v) is 5.49. The lowest BCUT2D eigenvalue weighted by Gasteiger charge is -2.11. The molecular weight excluding hydrogens is 233 g/mol. The highest BCUT2D eigenvalue weighted by molar-refractivity contribution is 7.91. The molecule has 6 heteroatoms. The van der Waals surface area contributed by atoms with Gasteiger partial charge >= 0.3 is 0 Å². The first-order valence-corrected chi connectivity index (χ1v) is 6.46. The number of aliphatic hydroxyl groups excluding tert-OH is 1. The first-order chi connectivity index (χ1) is 7.47. The zero-order chi connectivity index (χ0) is 12.2. The Morgan fingerprint density at radius 2 is 2.00 bits per heavy atom. The predicted octanol–water partition coefficient (Wildman–Crippen LogP) is 0.309. The topological polar surface area (TPSA) is 80.4 Å². The Balaban J connectivity index is 2.91. The van der Waals surface area contributed by atoms with Crippen LogP contribution in [0.15, 0.2) is 29.2 Å². The lowest BCUT2D eigenvalue weighted by Crippen LogP contribution is -2.30. The molecule has 0 aliphatic carbocycles. The van der Waals surface area contributed by atoms with E-state index in [1.165, 1.54) is 18.2 Å². The number of hydrogen-bond acceptors (Lipinski definition) is 4. The lowest BCUT2D eigenvalue weighted by molar-refractivity contribution is 0.279. The van der Waals surface area contributed by atoms with Crippen molar-refractivity contribution in [2.24, 2.45) is 5.73 Å². The van der Waals surface area contributed by atoms with E-state index in [0.717, 1.165) is 6.07 Å². The summed E-state index contributed by atoms with van der Waals surface area (Å²) >= 11 is 0. The molecule has 1 unspecified atom stereocenters. The number of halogens is 1. The van der Waals surface area contributed by atoms with Crippen molar-refractivity contribution in [1.82, 2.24) is 0 Å². The summed E-state index contributed by atoms with van der Waals surface area (Å²) in [4.78, 5) is -0.344. The zero-order valence-electron chi connectivity index (χ0n) is 8.64. The Bertz CT molecular complexity index is 447. The SMILES string of the molecule is NC(CCO)CS(=O)(=O)c1ccccc1F. The van der Waals surface area contributed by atoms with E-state index < -0.39 is 21.7 Å². The van der Waals surface area contributed by atoms with Crippen molar-refractivity contribution in [3.8, 4) is 0 Å². The summed E-state index contributed by atoms with van der Waals surface area (Å²) in [6, 6.07) is 4.48. The third-order valence-electron chi connectivity index (χ3n) is 2.11. The standard InChI is InChI=1S/C10H14FNO3S/c11-9-3-1-2-4-10(9)16(14,15)7-8(12)5-6-13/h1-4,8,13H,5-7,12H2. The Kier molecular flexibility index (Phi) is 4.40. The number of rotatable bonds is 5. The Hall–Kier alpha value is -0.980. The van der Waals surface area contributed by atoms with Gasteiger partial charge in [-0.05, 0) is 18.6 Å². The van der Waals surface area contributed by atoms with E-state index >= 15 is 0 Å². The maximum Gasteiger partial charge on any atom is 0.182 e. The maximum absolute atomic E-state index is 13.3. The molecule has 0 aliphatic heterocycles. The average Bonchev–Trinajstić information content (AvgIpc) is 2.17. The molecule has 0 aromatic heterocycles. The molecule has 0 fully saturated rings. The molecule has 90 valence electrons. The lowest BCUT2D eigenvalue weighted by atomic mass is 10.3. The molecule has 0 aliphatic rings. The van der Waals surface area contributed by atoms with Gasteiger partial charge in [-0.15, -0.1) is 0 Å². The highest BCUT2D eigenvalue weighted by Gasteiger charge is 2.21. The van der Waals surface area contributed by atoms with Gasteiger partial charge in [-0.2, -0.15) is 0 Å². The minimum Gasteiger partial charge on any atom is -0.396 e. The first kappa shape index (κ1) is 13.1. The summed E-state index contributed by atoms with van der Waals surface area (Å²) < 4.78 is 36.7. The van der Waals surface area contributed by atoms with Crippen LogP contribution in [0, 0.1) is 5.82 Å². The van der Waals surface area contributed by atoms with Crippen LogP contribution in [0.1, 0.15) is 6.42 Å². The van der Waals surface area contributed by atoms with Crippen molar-refractivity contribution in [3.05, 3.63) is 30.1 Å². The highest BCUT2D eigenvalue weighted by Crippen LogP contribution is 2.16. The fourth-order valence-electron chi connectivity index (χ4n) is 1.32. The fraction of sp³-hybridized carbons (Fsp3) is 0.400. The van der Waals surface area contributed by atoms with Gasteiger partial charge in [0, 0.05) is 12.6 Å². The van der Waals surface area contributed by atoms with Gasteiger partial charge in [0.05, 0.1) is 5.75 Å². The van der Waals surface area contributed by atoms with Crippen LogP contribution in [0.3, 0.4) is 0 Å². The van der Waals surface area contributed by atoms with Crippen molar-refractivity contribution in [2.45, 2.75) is 17.4 Å². The Morgan fingerprint density at radius 3 is 2.56 bits per heavy atom. The van der Waals surface area contributed by atoms with Gasteiger partial charge in [-0.1, -0.05) is 12.1 Å². The van der Waals surface area contributed by atoms with Crippen LogP contribution in [0.5, 0.6) is 0 Å². The van der Waals surface area contributed by atoms with Crippen LogP contribution in [-0.4, -0.2) is 31.9 Å². The van der Waals surface area contributed by atoms with Crippen molar-refractivity contribution < 1.29 is 17.9 Å². The second kappa shape index (κ2) is 5.38. The Morgan fingerprint density at radius 1 is 1.38 bits per heavy atom. The first-order valence-electron chi connectivity index (χ1n) is 4.81. The average molecular weight is 247 g/mol. The molecule has 1 aromatic rings. The van der Waals surface area contributed by atoms with E-state index in [9.17, 15) is 12.8 Å². The monoisotopic (exact) mass is 247 g/mol. The summed E-state index contributed by atoms with van der Waals surface area (Å²) in [5, 5.41) is 8.61. The highest BCUT2D eigenvalue weighted by atomic mass is 32.2. The summed E-state index contributed by atoms with van der Waals surface area (Å²) in [5.41, 5.74) is 5.50. The molecule has 0 bridgehead atoms. The van der Waals surface area contributed by atoms with Gasteiger partial charge < -0.3 is 10.8 Å². The van der Waals surface area contributed by atoms with Gasteiger partial charge in [-0.25, -0.2) is 12.8 Å². The zero-order valence-corrected chi connectivity index (χ0v) is 9.45. The Labute approximate surface area is 93.8 Å². The molecule has 0 radical (unpaired) electrons. The van der Waals surface area contributed by atoms with Gasteiger partial charge in [0.25, 0.3) is 0 Å². The smallest absolute Gasteiger partial charge is 0.182 e. The van der Waals surface area contributed by atoms with Crippen molar-refractivity contribution >= 4 is 9.84 Å². The van der Waals surface area contributed by atoms with E-state index in [-0.39, 0.29) is 23.7 Å². The quantitative estimate of drug-likeness (QED) is 0.784. The number of nitrogens with two attached hydrogens (primary N) is 1. The van der Waals surface area contributed by atoms with Crippen LogP contribution in [0.4, 0.5) is 4.39 Å². The number of aliphatic hydroxyl groups is 1. The van der Waals surface area contributed by atoms with E-state index in [2.05, 4.69) is 0 Å². The third kappa shape index (κ3) is 3.26. The normalized spacial score (nSPS) is 13.7. The largest absolute Gasteiger partial charge is 0.396 e. The van der Waals surface area contributed by atoms with E-state index in [1.54, 1.807) is 0 Å². The van der Waals surface area contributed by atoms with Gasteiger partial charge in [0.15, 0.2) is 9.84 Å². The molecule has 0 amide bonds. The van der Waals surface area contributed by atoms with Gasteiger partial charge in [0.1, 0.15) is 10.7 Å². The molecule has 4 nitrogen and oxygen atoms in total. The molecule has 3 N–H and O–H groups in total. The van der Waals surface area contributed by atoms with Crippen molar-refractivity contribution in [3.63, 3.8) is 0 Å². The molecule has 1 atom stereocenters. The van der Waals surface area contributed by atoms with Crippen LogP contribution < -0.4 is 5.73 Å². The summed E-state index contributed by atoms with van der Waals surface area (Å²) in [5.74, 6) is -1.15. The van der Waals surface area contributed by atoms with Crippen molar-refractivity contribution in [2.75, 3.05) is 12.4 Å². The molecule has 0 saturated heterocycles. The molecule has 0 saturated carbocycles. The van der Waals surface area contributed by atoms with Crippen LogP contribution in [-0.2, 0) is 9.84 Å². The van der Waals surface area contributed by atoms with Crippen LogP contribution in [0.25, 0.3) is 0 Å². The molecule has 0 heterocycles. The predicted molar refractivity (Wildman–Crippen MR) is 58.1 cm³/mol. The molecule has 1 aromatic carbocycles. The molecular formula is C10H14FNO3S. The van der Waals surface area contributed by atoms with E-state index in [1.807, 2.05) is 0 Å². The molecule has 16 heavy (non-hydrogen) atoms. The van der Waals surface area contributed by atoms with E-state index in [4.69, 9.17) is 10.8 Å². The number of benzene rings is 1. The number of sulfone groups is 1. The summed E-state index contributed by atoms with van der Waals surface area (Å²) in [6.07, 6.45) is 0.174. The van der Waals surface area contributed by atoms with Crippen LogP contribution in [0.2, 0.25) is 0 Å². The molecule has 1 rings (SSSR count). The van der Waals surface area contributed by atoms with Gasteiger partial charge in [-0.3, -0.25) is 0 Å². The second-order valence-electron chi connectivity index (χ2n) is 3.48. The maximum atomic E-state index is 13.3. The summed E-state index contributed by atoms with van der Waals surface area (Å²) in [7, 11) is -3.72. The minimum atomic E-state index is -3.72. The summed E-state index contributed by atoms with van der Waals surface area (Å²) in [6.45, 7) is -0.187. The third-order valence-corrected chi connectivity index (χ3v) is 3.97. The molecule has 0 spiro atoms. The van der Waals surface area contributed by atoms with Crippen molar-refractivity contribution in [1.29, 1.82) is 0 Å². The number of hydrogen-bond donors (Lipinski definition) is 2. The minimum absolute atomic E-state index is 0.174. The fourth-order valence-corrected chi connectivity index (χ4v) is 2.88.